The highest BCUT2D eigenvalue weighted by Crippen LogP contribution is 2.18. The minimum Gasteiger partial charge on any atom is -0.271 e. The highest BCUT2D eigenvalue weighted by atomic mass is 15.2. The first-order chi connectivity index (χ1) is 6.77. The monoisotopic (exact) mass is 192 g/mol. The van der Waals surface area contributed by atoms with Crippen LogP contribution < -0.4 is 11.3 Å². The molecule has 76 valence electrons. The van der Waals surface area contributed by atoms with Gasteiger partial charge in [-0.1, -0.05) is 19.1 Å². The molecule has 0 aromatic carbocycles. The van der Waals surface area contributed by atoms with Gasteiger partial charge in [-0.3, -0.25) is 21.2 Å². The molecule has 1 rings (SSSR count). The number of aromatic nitrogens is 2. The minimum absolute atomic E-state index is 0.0103. The standard InChI is InChI=1S/C10H16N4/c1-3-8(2)6-9(14-11)10-7-12-4-5-13-10/h4-5,7,9,14H,2-3,6,11H2,1H3. The van der Waals surface area contributed by atoms with Gasteiger partial charge in [-0.2, -0.15) is 0 Å². The third-order valence-corrected chi connectivity index (χ3v) is 2.13. The summed E-state index contributed by atoms with van der Waals surface area (Å²) in [5.41, 5.74) is 4.72. The predicted molar refractivity (Wildman–Crippen MR) is 56.1 cm³/mol. The average molecular weight is 192 g/mol. The van der Waals surface area contributed by atoms with E-state index in [0.717, 1.165) is 24.1 Å². The first-order valence-electron chi connectivity index (χ1n) is 4.66. The Balaban J connectivity index is 2.68. The normalized spacial score (nSPS) is 12.4. The lowest BCUT2D eigenvalue weighted by molar-refractivity contribution is 0.529. The molecule has 0 amide bonds. The smallest absolute Gasteiger partial charge is 0.0772 e. The van der Waals surface area contributed by atoms with Crippen molar-refractivity contribution < 1.29 is 0 Å². The molecule has 1 aromatic rings. The lowest BCUT2D eigenvalue weighted by atomic mass is 10.0. The molecule has 1 aromatic heterocycles. The Labute approximate surface area is 84.2 Å². The molecule has 0 saturated heterocycles. The lowest BCUT2D eigenvalue weighted by Gasteiger charge is -2.15. The second kappa shape index (κ2) is 5.47. The number of nitrogens with zero attached hydrogens (tertiary/aromatic N) is 2. The molecule has 4 heteroatoms. The largest absolute Gasteiger partial charge is 0.271 e. The van der Waals surface area contributed by atoms with Crippen LogP contribution in [0.4, 0.5) is 0 Å². The molecule has 3 N–H and O–H groups in total. The van der Waals surface area contributed by atoms with E-state index >= 15 is 0 Å². The van der Waals surface area contributed by atoms with Gasteiger partial charge in [0.05, 0.1) is 17.9 Å². The SMILES string of the molecule is C=C(CC)CC(NN)c1cnccn1. The summed E-state index contributed by atoms with van der Waals surface area (Å²) in [7, 11) is 0. The van der Waals surface area contributed by atoms with Gasteiger partial charge in [-0.25, -0.2) is 0 Å². The molecule has 1 unspecified atom stereocenters. The number of nitrogens with one attached hydrogen (secondary N) is 1. The van der Waals surface area contributed by atoms with E-state index in [1.165, 1.54) is 0 Å². The van der Waals surface area contributed by atoms with Crippen molar-refractivity contribution in [3.63, 3.8) is 0 Å². The number of hydrazine groups is 1. The third-order valence-electron chi connectivity index (χ3n) is 2.13. The maximum absolute atomic E-state index is 5.45. The number of hydrogen-bond donors (Lipinski definition) is 2. The maximum Gasteiger partial charge on any atom is 0.0772 e. The second-order valence-electron chi connectivity index (χ2n) is 3.16. The van der Waals surface area contributed by atoms with Crippen LogP contribution in [-0.4, -0.2) is 9.97 Å². The van der Waals surface area contributed by atoms with Crippen LogP contribution in [0.3, 0.4) is 0 Å². The summed E-state index contributed by atoms with van der Waals surface area (Å²) >= 11 is 0. The van der Waals surface area contributed by atoms with Gasteiger partial charge in [0.2, 0.25) is 0 Å². The summed E-state index contributed by atoms with van der Waals surface area (Å²) in [5.74, 6) is 5.45. The zero-order valence-electron chi connectivity index (χ0n) is 8.40. The molecule has 1 heterocycles. The van der Waals surface area contributed by atoms with Gasteiger partial charge >= 0.3 is 0 Å². The van der Waals surface area contributed by atoms with E-state index in [4.69, 9.17) is 5.84 Å². The van der Waals surface area contributed by atoms with Crippen LogP contribution >= 0.6 is 0 Å². The van der Waals surface area contributed by atoms with Crippen LogP contribution in [0.5, 0.6) is 0 Å². The van der Waals surface area contributed by atoms with Gasteiger partial charge in [-0.15, -0.1) is 0 Å². The van der Waals surface area contributed by atoms with Crippen molar-refractivity contribution in [3.8, 4) is 0 Å². The van der Waals surface area contributed by atoms with E-state index in [0.29, 0.717) is 0 Å². The zero-order chi connectivity index (χ0) is 10.4. The third kappa shape index (κ3) is 2.90. The summed E-state index contributed by atoms with van der Waals surface area (Å²) in [6.07, 6.45) is 6.78. The van der Waals surface area contributed by atoms with Gasteiger partial charge in [-0.05, 0) is 12.8 Å². The fraction of sp³-hybridized carbons (Fsp3) is 0.400. The molecular formula is C10H16N4. The predicted octanol–water partition coefficient (Wildman–Crippen LogP) is 1.34. The summed E-state index contributed by atoms with van der Waals surface area (Å²) in [4.78, 5) is 8.19. The molecule has 4 nitrogen and oxygen atoms in total. The molecular weight excluding hydrogens is 176 g/mol. The van der Waals surface area contributed by atoms with Crippen molar-refractivity contribution in [2.45, 2.75) is 25.8 Å². The highest BCUT2D eigenvalue weighted by molar-refractivity contribution is 5.07. The van der Waals surface area contributed by atoms with Crippen molar-refractivity contribution >= 4 is 0 Å². The van der Waals surface area contributed by atoms with Crippen LogP contribution in [0, 0.1) is 0 Å². The number of rotatable bonds is 5. The lowest BCUT2D eigenvalue weighted by Crippen LogP contribution is -2.29. The first kappa shape index (κ1) is 10.8. The maximum atomic E-state index is 5.45. The van der Waals surface area contributed by atoms with E-state index in [1.807, 2.05) is 0 Å². The quantitative estimate of drug-likeness (QED) is 0.420. The highest BCUT2D eigenvalue weighted by Gasteiger charge is 2.11. The summed E-state index contributed by atoms with van der Waals surface area (Å²) < 4.78 is 0. The van der Waals surface area contributed by atoms with Gasteiger partial charge in [0.15, 0.2) is 0 Å². The first-order valence-corrected chi connectivity index (χ1v) is 4.66. The van der Waals surface area contributed by atoms with Crippen LogP contribution in [0.1, 0.15) is 31.5 Å². The van der Waals surface area contributed by atoms with Gasteiger partial charge in [0.25, 0.3) is 0 Å². The number of hydrogen-bond acceptors (Lipinski definition) is 4. The topological polar surface area (TPSA) is 63.8 Å². The average Bonchev–Trinajstić information content (AvgIpc) is 2.26. The van der Waals surface area contributed by atoms with Crippen molar-refractivity contribution in [3.05, 3.63) is 36.4 Å². The fourth-order valence-corrected chi connectivity index (χ4v) is 1.17. The fourth-order valence-electron chi connectivity index (χ4n) is 1.17. The Morgan fingerprint density at radius 2 is 2.43 bits per heavy atom. The van der Waals surface area contributed by atoms with Crippen LogP contribution in [0.2, 0.25) is 0 Å². The molecule has 0 radical (unpaired) electrons. The van der Waals surface area contributed by atoms with E-state index in [1.54, 1.807) is 18.6 Å². The van der Waals surface area contributed by atoms with Gasteiger partial charge < -0.3 is 0 Å². The molecule has 0 saturated carbocycles. The second-order valence-corrected chi connectivity index (χ2v) is 3.16. The van der Waals surface area contributed by atoms with Crippen molar-refractivity contribution in [2.24, 2.45) is 5.84 Å². The van der Waals surface area contributed by atoms with E-state index in [2.05, 4.69) is 28.9 Å². The number of nitrogens with two attached hydrogens (primary N) is 1. The molecule has 0 bridgehead atoms. The van der Waals surface area contributed by atoms with E-state index in [-0.39, 0.29) is 6.04 Å². The Hall–Kier alpha value is -1.26. The Morgan fingerprint density at radius 3 is 2.93 bits per heavy atom. The summed E-state index contributed by atoms with van der Waals surface area (Å²) in [5, 5.41) is 0. The van der Waals surface area contributed by atoms with Crippen LogP contribution in [0.25, 0.3) is 0 Å². The Kier molecular flexibility index (Phi) is 4.22. The van der Waals surface area contributed by atoms with Crippen molar-refractivity contribution in [1.29, 1.82) is 0 Å². The van der Waals surface area contributed by atoms with E-state index in [9.17, 15) is 0 Å². The Bertz CT molecular complexity index is 283. The van der Waals surface area contributed by atoms with Crippen molar-refractivity contribution in [1.82, 2.24) is 15.4 Å². The molecule has 0 aliphatic heterocycles. The molecule has 14 heavy (non-hydrogen) atoms. The minimum atomic E-state index is 0.0103. The summed E-state index contributed by atoms with van der Waals surface area (Å²) in [6.45, 7) is 6.02. The zero-order valence-corrected chi connectivity index (χ0v) is 8.40. The van der Waals surface area contributed by atoms with Crippen LogP contribution in [-0.2, 0) is 0 Å². The Morgan fingerprint density at radius 1 is 1.64 bits per heavy atom. The molecule has 0 aliphatic rings. The molecule has 0 aliphatic carbocycles. The molecule has 0 fully saturated rings. The molecule has 0 spiro atoms. The van der Waals surface area contributed by atoms with Crippen molar-refractivity contribution in [2.75, 3.05) is 0 Å². The summed E-state index contributed by atoms with van der Waals surface area (Å²) in [6, 6.07) is 0.0103. The van der Waals surface area contributed by atoms with Gasteiger partial charge in [0, 0.05) is 12.4 Å². The van der Waals surface area contributed by atoms with Gasteiger partial charge in [0.1, 0.15) is 0 Å². The molecule has 1 atom stereocenters. The van der Waals surface area contributed by atoms with E-state index < -0.39 is 0 Å². The van der Waals surface area contributed by atoms with Crippen LogP contribution in [0.15, 0.2) is 30.7 Å².